The molecule has 1 heterocycles. The average molecular weight is 218 g/mol. The fourth-order valence-electron chi connectivity index (χ4n) is 2.28. The van der Waals surface area contributed by atoms with Crippen LogP contribution in [0.25, 0.3) is 0 Å². The monoisotopic (exact) mass is 218 g/mol. The second-order valence-electron chi connectivity index (χ2n) is 4.70. The van der Waals surface area contributed by atoms with E-state index in [-0.39, 0.29) is 0 Å². The summed E-state index contributed by atoms with van der Waals surface area (Å²) in [5.74, 6) is 0. The Balaban J connectivity index is 1.84. The summed E-state index contributed by atoms with van der Waals surface area (Å²) in [6, 6.07) is 9.14. The molecule has 1 aliphatic rings. The molecule has 0 spiro atoms. The Labute approximate surface area is 98.4 Å². The van der Waals surface area contributed by atoms with Crippen molar-refractivity contribution in [2.45, 2.75) is 38.6 Å². The predicted octanol–water partition coefficient (Wildman–Crippen LogP) is 2.94. The molecule has 0 bridgehead atoms. The number of rotatable bonds is 3. The van der Waals surface area contributed by atoms with E-state index in [1.165, 1.54) is 43.5 Å². The third-order valence-electron chi connectivity index (χ3n) is 3.35. The van der Waals surface area contributed by atoms with Crippen LogP contribution in [0.15, 0.2) is 24.3 Å². The van der Waals surface area contributed by atoms with Gasteiger partial charge in [0.15, 0.2) is 0 Å². The van der Waals surface area contributed by atoms with Crippen molar-refractivity contribution >= 4 is 5.69 Å². The summed E-state index contributed by atoms with van der Waals surface area (Å²) in [6.45, 7) is 4.38. The van der Waals surface area contributed by atoms with E-state index < -0.39 is 0 Å². The number of hydrogen-bond acceptors (Lipinski definition) is 2. The van der Waals surface area contributed by atoms with Crippen molar-refractivity contribution in [3.8, 4) is 0 Å². The molecule has 1 saturated heterocycles. The molecule has 1 aliphatic heterocycles. The largest absolute Gasteiger partial charge is 0.383 e. The minimum Gasteiger partial charge on any atom is -0.383 e. The van der Waals surface area contributed by atoms with E-state index in [0.717, 1.165) is 6.54 Å². The molecule has 1 atom stereocenters. The highest BCUT2D eigenvalue weighted by Crippen LogP contribution is 2.14. The number of hydrogen-bond donors (Lipinski definition) is 2. The lowest BCUT2D eigenvalue weighted by Gasteiger charge is -2.18. The molecule has 1 unspecified atom stereocenters. The van der Waals surface area contributed by atoms with E-state index in [9.17, 15) is 0 Å². The summed E-state index contributed by atoms with van der Waals surface area (Å²) in [7, 11) is 0. The van der Waals surface area contributed by atoms with Gasteiger partial charge in [-0.3, -0.25) is 0 Å². The maximum absolute atomic E-state index is 3.61. The molecule has 88 valence electrons. The number of para-hydroxylation sites is 1. The fourth-order valence-corrected chi connectivity index (χ4v) is 2.28. The first kappa shape index (κ1) is 11.5. The van der Waals surface area contributed by atoms with E-state index in [1.807, 2.05) is 0 Å². The Hall–Kier alpha value is -1.02. The molecule has 0 aromatic heterocycles. The van der Waals surface area contributed by atoms with Crippen LogP contribution in [0.1, 0.15) is 31.2 Å². The van der Waals surface area contributed by atoms with Crippen LogP contribution >= 0.6 is 0 Å². The van der Waals surface area contributed by atoms with Gasteiger partial charge < -0.3 is 10.6 Å². The molecule has 1 aromatic rings. The standard InChI is InChI=1S/C14H22N2/c1-12-7-4-5-9-14(12)16-11-13-8-3-2-6-10-15-13/h4-5,7,9,13,15-16H,2-3,6,8,10-11H2,1H3. The lowest BCUT2D eigenvalue weighted by atomic mass is 10.1. The number of nitrogens with one attached hydrogen (secondary N) is 2. The summed E-state index contributed by atoms with van der Waals surface area (Å²) < 4.78 is 0. The van der Waals surface area contributed by atoms with E-state index >= 15 is 0 Å². The molecule has 2 N–H and O–H groups in total. The van der Waals surface area contributed by atoms with E-state index in [2.05, 4.69) is 41.8 Å². The van der Waals surface area contributed by atoms with Crippen LogP contribution in [-0.4, -0.2) is 19.1 Å². The first-order valence-electron chi connectivity index (χ1n) is 6.39. The minimum absolute atomic E-state index is 0.641. The zero-order chi connectivity index (χ0) is 11.2. The van der Waals surface area contributed by atoms with E-state index in [0.29, 0.717) is 6.04 Å². The first-order valence-corrected chi connectivity index (χ1v) is 6.39. The van der Waals surface area contributed by atoms with Gasteiger partial charge in [0.05, 0.1) is 0 Å². The number of aryl methyl sites for hydroxylation is 1. The van der Waals surface area contributed by atoms with Gasteiger partial charge in [0.1, 0.15) is 0 Å². The Morgan fingerprint density at radius 2 is 2.12 bits per heavy atom. The van der Waals surface area contributed by atoms with Crippen molar-refractivity contribution in [2.24, 2.45) is 0 Å². The van der Waals surface area contributed by atoms with Crippen LogP contribution < -0.4 is 10.6 Å². The number of benzene rings is 1. The van der Waals surface area contributed by atoms with Crippen molar-refractivity contribution in [1.82, 2.24) is 5.32 Å². The molecule has 2 rings (SSSR count). The second kappa shape index (κ2) is 5.90. The van der Waals surface area contributed by atoms with E-state index in [1.54, 1.807) is 0 Å². The Bertz CT molecular complexity index is 314. The summed E-state index contributed by atoms with van der Waals surface area (Å²) >= 11 is 0. The maximum atomic E-state index is 3.61. The van der Waals surface area contributed by atoms with E-state index in [4.69, 9.17) is 0 Å². The Kier molecular flexibility index (Phi) is 4.23. The third kappa shape index (κ3) is 3.24. The highest BCUT2D eigenvalue weighted by Gasteiger charge is 2.10. The zero-order valence-electron chi connectivity index (χ0n) is 10.1. The van der Waals surface area contributed by atoms with Gasteiger partial charge in [0.2, 0.25) is 0 Å². The molecule has 2 heteroatoms. The highest BCUT2D eigenvalue weighted by molar-refractivity contribution is 5.50. The van der Waals surface area contributed by atoms with Gasteiger partial charge in [-0.05, 0) is 37.9 Å². The topological polar surface area (TPSA) is 24.1 Å². The molecule has 0 amide bonds. The van der Waals surface area contributed by atoms with Crippen molar-refractivity contribution in [3.05, 3.63) is 29.8 Å². The Morgan fingerprint density at radius 3 is 3.00 bits per heavy atom. The second-order valence-corrected chi connectivity index (χ2v) is 4.70. The van der Waals surface area contributed by atoms with Crippen LogP contribution in [0, 0.1) is 6.92 Å². The lowest BCUT2D eigenvalue weighted by molar-refractivity contribution is 0.530. The Morgan fingerprint density at radius 1 is 1.25 bits per heavy atom. The van der Waals surface area contributed by atoms with Crippen LogP contribution in [-0.2, 0) is 0 Å². The van der Waals surface area contributed by atoms with Crippen LogP contribution in [0.4, 0.5) is 5.69 Å². The zero-order valence-corrected chi connectivity index (χ0v) is 10.1. The maximum Gasteiger partial charge on any atom is 0.0370 e. The minimum atomic E-state index is 0.641. The van der Waals surface area contributed by atoms with Gasteiger partial charge in [-0.2, -0.15) is 0 Å². The molecule has 16 heavy (non-hydrogen) atoms. The van der Waals surface area contributed by atoms with Gasteiger partial charge in [-0.25, -0.2) is 0 Å². The van der Waals surface area contributed by atoms with Gasteiger partial charge in [-0.1, -0.05) is 31.0 Å². The van der Waals surface area contributed by atoms with Crippen molar-refractivity contribution in [1.29, 1.82) is 0 Å². The van der Waals surface area contributed by atoms with Gasteiger partial charge in [-0.15, -0.1) is 0 Å². The summed E-state index contributed by atoms with van der Waals surface area (Å²) in [5, 5.41) is 7.16. The van der Waals surface area contributed by atoms with Crippen molar-refractivity contribution < 1.29 is 0 Å². The normalized spacial score (nSPS) is 21.4. The highest BCUT2D eigenvalue weighted by atomic mass is 15.0. The average Bonchev–Trinajstić information content (AvgIpc) is 2.56. The summed E-state index contributed by atoms with van der Waals surface area (Å²) in [6.07, 6.45) is 5.39. The van der Waals surface area contributed by atoms with Gasteiger partial charge in [0.25, 0.3) is 0 Å². The third-order valence-corrected chi connectivity index (χ3v) is 3.35. The molecule has 2 nitrogen and oxygen atoms in total. The lowest BCUT2D eigenvalue weighted by Crippen LogP contribution is -2.34. The summed E-state index contributed by atoms with van der Waals surface area (Å²) in [5.41, 5.74) is 2.60. The van der Waals surface area contributed by atoms with Crippen LogP contribution in [0.5, 0.6) is 0 Å². The van der Waals surface area contributed by atoms with Crippen molar-refractivity contribution in [3.63, 3.8) is 0 Å². The fraction of sp³-hybridized carbons (Fsp3) is 0.571. The molecular formula is C14H22N2. The molecule has 1 aromatic carbocycles. The molecule has 0 saturated carbocycles. The van der Waals surface area contributed by atoms with Crippen LogP contribution in [0.3, 0.4) is 0 Å². The van der Waals surface area contributed by atoms with Gasteiger partial charge in [0, 0.05) is 18.3 Å². The summed E-state index contributed by atoms with van der Waals surface area (Å²) in [4.78, 5) is 0. The molecule has 1 fully saturated rings. The molecule has 0 aliphatic carbocycles. The predicted molar refractivity (Wildman–Crippen MR) is 69.9 cm³/mol. The number of anilines is 1. The quantitative estimate of drug-likeness (QED) is 0.815. The molecule has 0 radical (unpaired) electrons. The SMILES string of the molecule is Cc1ccccc1NCC1CCCCCN1. The smallest absolute Gasteiger partial charge is 0.0370 e. The van der Waals surface area contributed by atoms with Gasteiger partial charge >= 0.3 is 0 Å². The van der Waals surface area contributed by atoms with Crippen molar-refractivity contribution in [2.75, 3.05) is 18.4 Å². The van der Waals surface area contributed by atoms with Crippen LogP contribution in [0.2, 0.25) is 0 Å². The first-order chi connectivity index (χ1) is 7.86. The molecular weight excluding hydrogens is 196 g/mol.